The van der Waals surface area contributed by atoms with Crippen molar-refractivity contribution in [1.29, 1.82) is 0 Å². The minimum atomic E-state index is -2.51. The molecule has 0 spiro atoms. The third-order valence-electron chi connectivity index (χ3n) is 5.56. The third-order valence-corrected chi connectivity index (χ3v) is 20.8. The van der Waals surface area contributed by atoms with Crippen LogP contribution >= 0.6 is 30.0 Å². The molecule has 11 nitrogen and oxygen atoms in total. The topological polar surface area (TPSA) is 125 Å². The zero-order valence-corrected chi connectivity index (χ0v) is 27.5. The lowest BCUT2D eigenvalue weighted by atomic mass is 10.5. The van der Waals surface area contributed by atoms with E-state index in [1.807, 2.05) is 0 Å². The second-order valence-corrected chi connectivity index (χ2v) is 20.0. The molecule has 15 heteroatoms. The third kappa shape index (κ3) is 8.08. The van der Waals surface area contributed by atoms with Crippen molar-refractivity contribution in [2.75, 3.05) is 45.8 Å². The van der Waals surface area contributed by atoms with E-state index in [2.05, 4.69) is 83.4 Å². The molecular weight excluding hydrogens is 530 g/mol. The molecular formula is C21H55N11P4. The highest BCUT2D eigenvalue weighted by Crippen LogP contribution is 2.85. The monoisotopic (exact) mass is 585 g/mol. The highest BCUT2D eigenvalue weighted by molar-refractivity contribution is 7.91. The largest absolute Gasteiger partial charge is 0.253 e. The molecule has 2 bridgehead atoms. The van der Waals surface area contributed by atoms with E-state index >= 15 is 0 Å². The second kappa shape index (κ2) is 16.0. The van der Waals surface area contributed by atoms with Crippen LogP contribution in [0.1, 0.15) is 93.4 Å². The van der Waals surface area contributed by atoms with E-state index in [9.17, 15) is 0 Å². The first-order valence-electron chi connectivity index (χ1n) is 14.2. The summed E-state index contributed by atoms with van der Waals surface area (Å²) in [6.07, 6.45) is 7.19. The van der Waals surface area contributed by atoms with Crippen LogP contribution in [0.2, 0.25) is 0 Å². The van der Waals surface area contributed by atoms with Crippen LogP contribution in [0.5, 0.6) is 0 Å². The Labute approximate surface area is 222 Å². The van der Waals surface area contributed by atoms with Crippen LogP contribution in [0.25, 0.3) is 0 Å². The maximum absolute atomic E-state index is 5.70. The van der Waals surface area contributed by atoms with Crippen LogP contribution in [0.15, 0.2) is 18.1 Å². The van der Waals surface area contributed by atoms with Crippen molar-refractivity contribution in [3.8, 4) is 0 Å². The van der Waals surface area contributed by atoms with Crippen molar-refractivity contribution in [2.24, 2.45) is 18.1 Å². The van der Waals surface area contributed by atoms with Crippen molar-refractivity contribution in [3.05, 3.63) is 0 Å². The number of fused-ring (bicyclic) bond motifs is 2. The predicted octanol–water partition coefficient (Wildman–Crippen LogP) is 7.51. The van der Waals surface area contributed by atoms with Gasteiger partial charge in [0, 0.05) is 45.8 Å². The van der Waals surface area contributed by atoms with E-state index in [1.165, 1.54) is 0 Å². The Hall–Kier alpha value is 0.640. The van der Waals surface area contributed by atoms with Gasteiger partial charge in [0.05, 0.1) is 0 Å². The molecule has 0 fully saturated rings. The van der Waals surface area contributed by atoms with Crippen molar-refractivity contribution in [1.82, 2.24) is 35.0 Å². The number of hydrogen-bond acceptors (Lipinski definition) is 11. The fraction of sp³-hybridized carbons (Fsp3) is 1.00. The van der Waals surface area contributed by atoms with Gasteiger partial charge in [0.25, 0.3) is 0 Å². The van der Waals surface area contributed by atoms with Crippen LogP contribution in [-0.2, 0) is 0 Å². The highest BCUT2D eigenvalue weighted by Gasteiger charge is 2.51. The van der Waals surface area contributed by atoms with Gasteiger partial charge in [-0.3, -0.25) is 30.5 Å². The second-order valence-electron chi connectivity index (χ2n) is 9.24. The normalized spacial score (nSPS) is 26.5. The summed E-state index contributed by atoms with van der Waals surface area (Å²) in [6, 6.07) is 0. The van der Waals surface area contributed by atoms with E-state index in [0.29, 0.717) is 0 Å². The minimum absolute atomic E-state index is 0.870. The zero-order valence-electron chi connectivity index (χ0n) is 23.9. The SMILES string of the molecule is CCCNP1(NCCC)=NP2(NCCC)=NP(NCCC)(NCCC)=NP(NCCC)(=N1)N2CCC. The standard InChI is InChI=1S/C21H55N11P4/c1-8-15-22-33(23-16-9-2)28-35(26-19-12-5)30-34(24-17-10-3,25-18-11-4)31-36(29-33,27-20-13-6)32(35)21-14-7/h22-27H,8-21H2,1-7H3. The number of nitrogens with zero attached hydrogens (tertiary/aromatic N) is 5. The molecule has 2 aliphatic heterocycles. The summed E-state index contributed by atoms with van der Waals surface area (Å²) in [7, 11) is -9.87. The number of nitrogens with one attached hydrogen (secondary N) is 6. The minimum Gasteiger partial charge on any atom is -0.253 e. The Bertz CT molecular complexity index is 797. The first-order valence-corrected chi connectivity index (χ1v) is 20.9. The van der Waals surface area contributed by atoms with Crippen LogP contribution < -0.4 is 30.5 Å². The maximum Gasteiger partial charge on any atom is 0.225 e. The maximum atomic E-state index is 5.70. The molecule has 0 saturated heterocycles. The lowest BCUT2D eigenvalue weighted by Crippen LogP contribution is -2.38. The molecule has 2 unspecified atom stereocenters. The zero-order chi connectivity index (χ0) is 26.5. The fourth-order valence-corrected chi connectivity index (χ4v) is 23.8. The molecule has 0 saturated carbocycles. The average Bonchev–Trinajstić information content (AvgIpc) is 2.87. The summed E-state index contributed by atoms with van der Waals surface area (Å²) >= 11 is 0. The summed E-state index contributed by atoms with van der Waals surface area (Å²) in [5.74, 6) is 0. The molecule has 6 N–H and O–H groups in total. The van der Waals surface area contributed by atoms with Crippen LogP contribution in [0.4, 0.5) is 0 Å². The highest BCUT2D eigenvalue weighted by atomic mass is 31.3. The number of rotatable bonds is 20. The van der Waals surface area contributed by atoms with Gasteiger partial charge in [-0.05, 0) is 44.9 Å². The van der Waals surface area contributed by atoms with Crippen LogP contribution in [-0.4, -0.2) is 50.3 Å². The van der Waals surface area contributed by atoms with Crippen molar-refractivity contribution >= 4 is 30.0 Å². The Morgan fingerprint density at radius 1 is 0.417 bits per heavy atom. The lowest BCUT2D eigenvalue weighted by molar-refractivity contribution is 0.625. The number of hydrogen-bond donors (Lipinski definition) is 6. The Balaban J connectivity index is 2.97. The van der Waals surface area contributed by atoms with E-state index in [0.717, 1.165) is 90.8 Å². The Morgan fingerprint density at radius 3 is 1.00 bits per heavy atom. The smallest absolute Gasteiger partial charge is 0.225 e. The molecule has 2 heterocycles. The molecule has 0 aliphatic carbocycles. The lowest BCUT2D eigenvalue weighted by Gasteiger charge is -2.49. The molecule has 0 aromatic carbocycles. The molecule has 214 valence electrons. The van der Waals surface area contributed by atoms with Gasteiger partial charge in [0.2, 0.25) is 30.0 Å². The molecule has 0 aromatic rings. The summed E-state index contributed by atoms with van der Waals surface area (Å²) in [5.41, 5.74) is 0. The fourth-order valence-electron chi connectivity index (χ4n) is 3.88. The van der Waals surface area contributed by atoms with Gasteiger partial charge < -0.3 is 0 Å². The van der Waals surface area contributed by atoms with E-state index < -0.39 is 30.0 Å². The summed E-state index contributed by atoms with van der Waals surface area (Å²) in [6.45, 7) is 21.6. The van der Waals surface area contributed by atoms with Crippen molar-refractivity contribution in [3.63, 3.8) is 0 Å². The van der Waals surface area contributed by atoms with E-state index in [1.54, 1.807) is 0 Å². The van der Waals surface area contributed by atoms with Gasteiger partial charge >= 0.3 is 0 Å². The summed E-state index contributed by atoms with van der Waals surface area (Å²) in [4.78, 5) is 0. The van der Waals surface area contributed by atoms with Gasteiger partial charge in [0.1, 0.15) is 0 Å². The van der Waals surface area contributed by atoms with E-state index in [4.69, 9.17) is 18.1 Å². The van der Waals surface area contributed by atoms with Crippen LogP contribution in [0, 0.1) is 0 Å². The predicted molar refractivity (Wildman–Crippen MR) is 164 cm³/mol. The quantitative estimate of drug-likeness (QED) is 0.0817. The van der Waals surface area contributed by atoms with Crippen molar-refractivity contribution in [2.45, 2.75) is 93.4 Å². The molecule has 2 rings (SSSR count). The molecule has 2 atom stereocenters. The molecule has 0 radical (unpaired) electrons. The van der Waals surface area contributed by atoms with Gasteiger partial charge in [-0.2, -0.15) is 22.5 Å². The Morgan fingerprint density at radius 2 is 0.722 bits per heavy atom. The molecule has 2 aliphatic rings. The average molecular weight is 586 g/mol. The molecule has 0 amide bonds. The van der Waals surface area contributed by atoms with Crippen molar-refractivity contribution < 1.29 is 0 Å². The summed E-state index contributed by atoms with van der Waals surface area (Å²) in [5, 5.41) is 23.0. The Kier molecular flexibility index (Phi) is 14.6. The van der Waals surface area contributed by atoms with E-state index in [-0.39, 0.29) is 0 Å². The van der Waals surface area contributed by atoms with Crippen LogP contribution in [0.3, 0.4) is 0 Å². The van der Waals surface area contributed by atoms with Gasteiger partial charge in [-0.15, -0.1) is 0 Å². The van der Waals surface area contributed by atoms with Gasteiger partial charge in [-0.25, -0.2) is 0 Å². The molecule has 0 aromatic heterocycles. The first-order chi connectivity index (χ1) is 17.4. The first kappa shape index (κ1) is 32.8. The summed E-state index contributed by atoms with van der Waals surface area (Å²) < 4.78 is 25.3. The van der Waals surface area contributed by atoms with Gasteiger partial charge in [0.15, 0.2) is 0 Å². The molecule has 36 heavy (non-hydrogen) atoms. The van der Waals surface area contributed by atoms with Gasteiger partial charge in [-0.1, -0.05) is 48.5 Å².